The number of amides is 2. The number of hydrogen-bond donors (Lipinski definition) is 2. The molecule has 0 radical (unpaired) electrons. The zero-order chi connectivity index (χ0) is 20.6. The minimum absolute atomic E-state index is 0.00287. The molecule has 1 aliphatic carbocycles. The van der Waals surface area contributed by atoms with Gasteiger partial charge in [0.05, 0.1) is 18.2 Å². The van der Waals surface area contributed by atoms with Gasteiger partial charge in [-0.3, -0.25) is 14.6 Å². The molecule has 2 amide bonds. The highest BCUT2D eigenvalue weighted by molar-refractivity contribution is 5.79. The van der Waals surface area contributed by atoms with Gasteiger partial charge in [-0.25, -0.2) is 4.39 Å². The van der Waals surface area contributed by atoms with Crippen molar-refractivity contribution in [2.45, 2.75) is 45.1 Å². The number of nitrogens with one attached hydrogen (secondary N) is 2. The molecule has 1 aromatic heterocycles. The topological polar surface area (TPSA) is 71.1 Å². The monoisotopic (exact) mass is 397 g/mol. The SMILES string of the molecule is CC(=O)NCC1CCC([C@H](NC(=O)Cc2cccc(F)c2)c2ccccn2)CC1. The van der Waals surface area contributed by atoms with Crippen LogP contribution in [0.1, 0.15) is 49.9 Å². The number of carbonyl (C=O) groups excluding carboxylic acids is 2. The molecule has 154 valence electrons. The van der Waals surface area contributed by atoms with Crippen molar-refractivity contribution >= 4 is 11.8 Å². The zero-order valence-electron chi connectivity index (χ0n) is 16.7. The molecular weight excluding hydrogens is 369 g/mol. The third-order valence-corrected chi connectivity index (χ3v) is 5.58. The average Bonchev–Trinajstić information content (AvgIpc) is 2.71. The Morgan fingerprint density at radius 2 is 1.93 bits per heavy atom. The van der Waals surface area contributed by atoms with Crippen LogP contribution in [0.15, 0.2) is 48.7 Å². The molecule has 0 aliphatic heterocycles. The second kappa shape index (κ2) is 10.1. The Balaban J connectivity index is 1.64. The van der Waals surface area contributed by atoms with E-state index >= 15 is 0 Å². The van der Waals surface area contributed by atoms with Crippen LogP contribution in [0.2, 0.25) is 0 Å². The van der Waals surface area contributed by atoms with E-state index in [1.807, 2.05) is 18.2 Å². The minimum Gasteiger partial charge on any atom is -0.356 e. The normalized spacial score (nSPS) is 19.9. The van der Waals surface area contributed by atoms with E-state index < -0.39 is 0 Å². The van der Waals surface area contributed by atoms with Gasteiger partial charge in [-0.15, -0.1) is 0 Å². The molecule has 0 saturated heterocycles. The number of carbonyl (C=O) groups is 2. The van der Waals surface area contributed by atoms with Gasteiger partial charge in [0, 0.05) is 19.7 Å². The number of benzene rings is 1. The van der Waals surface area contributed by atoms with Crippen molar-refractivity contribution in [3.63, 3.8) is 0 Å². The molecule has 2 N–H and O–H groups in total. The van der Waals surface area contributed by atoms with E-state index in [0.717, 1.165) is 31.4 Å². The van der Waals surface area contributed by atoms with E-state index in [2.05, 4.69) is 15.6 Å². The van der Waals surface area contributed by atoms with Crippen LogP contribution in [0.5, 0.6) is 0 Å². The second-order valence-corrected chi connectivity index (χ2v) is 7.82. The molecule has 0 bridgehead atoms. The third kappa shape index (κ3) is 6.38. The van der Waals surface area contributed by atoms with Crippen LogP contribution in [0.25, 0.3) is 0 Å². The molecule has 1 atom stereocenters. The predicted octanol–water partition coefficient (Wildman–Crippen LogP) is 3.56. The lowest BCUT2D eigenvalue weighted by atomic mass is 9.77. The van der Waals surface area contributed by atoms with Crippen molar-refractivity contribution in [1.82, 2.24) is 15.6 Å². The van der Waals surface area contributed by atoms with Crippen molar-refractivity contribution in [1.29, 1.82) is 0 Å². The summed E-state index contributed by atoms with van der Waals surface area (Å²) in [6.45, 7) is 2.25. The molecule has 6 heteroatoms. The number of rotatable bonds is 7. The van der Waals surface area contributed by atoms with Gasteiger partial charge in [0.1, 0.15) is 5.82 Å². The molecule has 1 aliphatic rings. The van der Waals surface area contributed by atoms with Crippen LogP contribution in [-0.4, -0.2) is 23.3 Å². The van der Waals surface area contributed by atoms with Gasteiger partial charge in [0.15, 0.2) is 0 Å². The first kappa shape index (κ1) is 21.0. The van der Waals surface area contributed by atoms with Crippen LogP contribution in [0.3, 0.4) is 0 Å². The van der Waals surface area contributed by atoms with Crippen molar-refractivity contribution < 1.29 is 14.0 Å². The molecule has 2 aromatic rings. The van der Waals surface area contributed by atoms with Crippen molar-refractivity contribution in [3.8, 4) is 0 Å². The Labute approximate surface area is 171 Å². The molecule has 1 heterocycles. The van der Waals surface area contributed by atoms with Gasteiger partial charge in [0.2, 0.25) is 11.8 Å². The first-order chi connectivity index (χ1) is 14.0. The summed E-state index contributed by atoms with van der Waals surface area (Å²) in [4.78, 5) is 28.3. The number of aromatic nitrogens is 1. The summed E-state index contributed by atoms with van der Waals surface area (Å²) in [5.41, 5.74) is 1.51. The summed E-state index contributed by atoms with van der Waals surface area (Å²) in [6.07, 6.45) is 5.82. The van der Waals surface area contributed by atoms with Crippen molar-refractivity contribution in [2.24, 2.45) is 11.8 Å². The van der Waals surface area contributed by atoms with E-state index in [9.17, 15) is 14.0 Å². The first-order valence-corrected chi connectivity index (χ1v) is 10.2. The molecule has 1 saturated carbocycles. The molecular formula is C23H28FN3O2. The maximum Gasteiger partial charge on any atom is 0.224 e. The number of nitrogens with zero attached hydrogens (tertiary/aromatic N) is 1. The molecule has 5 nitrogen and oxygen atoms in total. The van der Waals surface area contributed by atoms with E-state index in [4.69, 9.17) is 0 Å². The van der Waals surface area contributed by atoms with Gasteiger partial charge in [-0.05, 0) is 67.3 Å². The maximum absolute atomic E-state index is 13.4. The zero-order valence-corrected chi connectivity index (χ0v) is 16.7. The van der Waals surface area contributed by atoms with Crippen LogP contribution in [0.4, 0.5) is 4.39 Å². The highest BCUT2D eigenvalue weighted by atomic mass is 19.1. The lowest BCUT2D eigenvalue weighted by Gasteiger charge is -2.34. The Morgan fingerprint density at radius 1 is 1.14 bits per heavy atom. The Kier molecular flexibility index (Phi) is 7.33. The molecule has 3 rings (SSSR count). The fourth-order valence-electron chi connectivity index (χ4n) is 4.06. The van der Waals surface area contributed by atoms with Crippen molar-refractivity contribution in [3.05, 3.63) is 65.7 Å². The highest BCUT2D eigenvalue weighted by Crippen LogP contribution is 2.36. The number of pyridine rings is 1. The Bertz CT molecular complexity index is 820. The van der Waals surface area contributed by atoms with Gasteiger partial charge >= 0.3 is 0 Å². The average molecular weight is 397 g/mol. The predicted molar refractivity (Wildman–Crippen MR) is 109 cm³/mol. The molecule has 29 heavy (non-hydrogen) atoms. The number of hydrogen-bond acceptors (Lipinski definition) is 3. The fourth-order valence-corrected chi connectivity index (χ4v) is 4.06. The lowest BCUT2D eigenvalue weighted by Crippen LogP contribution is -2.37. The summed E-state index contributed by atoms with van der Waals surface area (Å²) in [6, 6.07) is 11.7. The van der Waals surface area contributed by atoms with Gasteiger partial charge < -0.3 is 10.6 Å². The van der Waals surface area contributed by atoms with Crippen molar-refractivity contribution in [2.75, 3.05) is 6.54 Å². The van der Waals surface area contributed by atoms with Crippen LogP contribution < -0.4 is 10.6 Å². The van der Waals surface area contributed by atoms with E-state index in [-0.39, 0.29) is 36.0 Å². The second-order valence-electron chi connectivity index (χ2n) is 7.82. The van der Waals surface area contributed by atoms with Crippen LogP contribution in [0, 0.1) is 17.7 Å². The van der Waals surface area contributed by atoms with Gasteiger partial charge in [-0.1, -0.05) is 18.2 Å². The van der Waals surface area contributed by atoms with Gasteiger partial charge in [0.25, 0.3) is 0 Å². The smallest absolute Gasteiger partial charge is 0.224 e. The largest absolute Gasteiger partial charge is 0.356 e. The van der Waals surface area contributed by atoms with E-state index in [0.29, 0.717) is 18.0 Å². The molecule has 0 spiro atoms. The van der Waals surface area contributed by atoms with Crippen LogP contribution >= 0.6 is 0 Å². The first-order valence-electron chi connectivity index (χ1n) is 10.2. The lowest BCUT2D eigenvalue weighted by molar-refractivity contribution is -0.122. The highest BCUT2D eigenvalue weighted by Gasteiger charge is 2.30. The summed E-state index contributed by atoms with van der Waals surface area (Å²) in [5.74, 6) is 0.293. The molecule has 0 unspecified atom stereocenters. The summed E-state index contributed by atoms with van der Waals surface area (Å²) in [7, 11) is 0. The van der Waals surface area contributed by atoms with E-state index in [1.165, 1.54) is 19.1 Å². The van der Waals surface area contributed by atoms with Gasteiger partial charge in [-0.2, -0.15) is 0 Å². The maximum atomic E-state index is 13.4. The summed E-state index contributed by atoms with van der Waals surface area (Å²) in [5, 5.41) is 6.05. The fraction of sp³-hybridized carbons (Fsp3) is 0.435. The number of halogens is 1. The third-order valence-electron chi connectivity index (χ3n) is 5.58. The molecule has 1 fully saturated rings. The van der Waals surface area contributed by atoms with E-state index in [1.54, 1.807) is 18.3 Å². The summed E-state index contributed by atoms with van der Waals surface area (Å²) >= 11 is 0. The Hall–Kier alpha value is -2.76. The standard InChI is InChI=1S/C23H28FN3O2/c1-16(28)26-15-17-8-10-19(11-9-17)23(21-7-2-3-12-25-21)27-22(29)14-18-5-4-6-20(24)13-18/h2-7,12-13,17,19,23H,8-11,14-15H2,1H3,(H,26,28)(H,27,29)/t17?,19?,23-/m0/s1. The molecule has 1 aromatic carbocycles. The quantitative estimate of drug-likeness (QED) is 0.750. The van der Waals surface area contributed by atoms with Crippen LogP contribution in [-0.2, 0) is 16.0 Å². The minimum atomic E-state index is -0.339. The summed E-state index contributed by atoms with van der Waals surface area (Å²) < 4.78 is 13.4. The Morgan fingerprint density at radius 3 is 2.59 bits per heavy atom.